The predicted octanol–water partition coefficient (Wildman–Crippen LogP) is 4.64. The van der Waals surface area contributed by atoms with Crippen molar-refractivity contribution < 1.29 is 0 Å². The van der Waals surface area contributed by atoms with Crippen LogP contribution in [0.15, 0.2) is 6.07 Å². The molecule has 2 aromatic rings. The molecule has 19 heavy (non-hydrogen) atoms. The number of anilines is 1. The molecule has 1 aliphatic carbocycles. The highest BCUT2D eigenvalue weighted by Crippen LogP contribution is 2.32. The lowest BCUT2D eigenvalue weighted by molar-refractivity contribution is 0.358. The van der Waals surface area contributed by atoms with Gasteiger partial charge in [0.1, 0.15) is 10.6 Å². The average Bonchev–Trinajstić information content (AvgIpc) is 2.69. The van der Waals surface area contributed by atoms with Crippen molar-refractivity contribution in [1.29, 1.82) is 0 Å². The molecule has 102 valence electrons. The summed E-state index contributed by atoms with van der Waals surface area (Å²) < 4.78 is 0. The van der Waals surface area contributed by atoms with Gasteiger partial charge in [-0.2, -0.15) is 0 Å². The van der Waals surface area contributed by atoms with E-state index in [1.54, 1.807) is 11.3 Å². The highest BCUT2D eigenvalue weighted by molar-refractivity contribution is 7.18. The van der Waals surface area contributed by atoms with Crippen LogP contribution in [0, 0.1) is 12.8 Å². The van der Waals surface area contributed by atoms with Gasteiger partial charge in [0.2, 0.25) is 5.28 Å². The van der Waals surface area contributed by atoms with Crippen molar-refractivity contribution in [2.45, 2.75) is 45.6 Å². The Labute approximate surface area is 122 Å². The van der Waals surface area contributed by atoms with Gasteiger partial charge in [-0.25, -0.2) is 9.97 Å². The van der Waals surface area contributed by atoms with Gasteiger partial charge in [0.05, 0.1) is 5.39 Å². The first-order valence-corrected chi connectivity index (χ1v) is 8.01. The third kappa shape index (κ3) is 2.84. The second kappa shape index (κ2) is 5.25. The van der Waals surface area contributed by atoms with Gasteiger partial charge in [-0.05, 0) is 43.4 Å². The summed E-state index contributed by atoms with van der Waals surface area (Å²) in [4.78, 5) is 10.9. The predicted molar refractivity (Wildman–Crippen MR) is 82.2 cm³/mol. The van der Waals surface area contributed by atoms with E-state index in [1.807, 2.05) is 0 Å². The fourth-order valence-electron chi connectivity index (χ4n) is 2.88. The van der Waals surface area contributed by atoms with Crippen LogP contribution in [-0.4, -0.2) is 16.0 Å². The Morgan fingerprint density at radius 1 is 1.37 bits per heavy atom. The van der Waals surface area contributed by atoms with Crippen molar-refractivity contribution in [2.75, 3.05) is 5.32 Å². The summed E-state index contributed by atoms with van der Waals surface area (Å²) in [6, 6.07) is 2.66. The number of nitrogens with one attached hydrogen (secondary N) is 1. The standard InChI is InChI=1S/C14H18ClN3S/c1-8-4-3-5-10(6-8)16-12-11-7-9(2)19-13(11)18-14(15)17-12/h7-8,10H,3-6H2,1-2H3,(H,16,17,18). The Hall–Kier alpha value is -0.870. The van der Waals surface area contributed by atoms with Crippen LogP contribution in [-0.2, 0) is 0 Å². The minimum absolute atomic E-state index is 0.334. The molecule has 0 aromatic carbocycles. The van der Waals surface area contributed by atoms with Gasteiger partial charge >= 0.3 is 0 Å². The quantitative estimate of drug-likeness (QED) is 0.820. The zero-order chi connectivity index (χ0) is 13.4. The van der Waals surface area contributed by atoms with Gasteiger partial charge in [0.15, 0.2) is 0 Å². The molecule has 2 unspecified atom stereocenters. The number of thiophene rings is 1. The number of halogens is 1. The molecule has 1 aliphatic rings. The van der Waals surface area contributed by atoms with Crippen molar-refractivity contribution in [3.8, 4) is 0 Å². The number of nitrogens with zero attached hydrogens (tertiary/aromatic N) is 2. The molecule has 1 saturated carbocycles. The molecule has 3 rings (SSSR count). The molecule has 0 saturated heterocycles. The summed E-state index contributed by atoms with van der Waals surface area (Å²) in [5.74, 6) is 1.70. The Kier molecular flexibility index (Phi) is 3.63. The molecule has 0 bridgehead atoms. The molecule has 2 heterocycles. The first kappa shape index (κ1) is 13.1. The van der Waals surface area contributed by atoms with Crippen molar-refractivity contribution in [1.82, 2.24) is 9.97 Å². The van der Waals surface area contributed by atoms with Crippen LogP contribution in [0.1, 0.15) is 37.5 Å². The Morgan fingerprint density at radius 2 is 2.21 bits per heavy atom. The van der Waals surface area contributed by atoms with Crippen molar-refractivity contribution in [3.63, 3.8) is 0 Å². The molecule has 0 aliphatic heterocycles. The number of rotatable bonds is 2. The molecule has 0 radical (unpaired) electrons. The van der Waals surface area contributed by atoms with E-state index in [4.69, 9.17) is 11.6 Å². The Bertz CT molecular complexity index is 596. The second-order valence-electron chi connectivity index (χ2n) is 5.53. The monoisotopic (exact) mass is 295 g/mol. The third-order valence-corrected chi connectivity index (χ3v) is 4.88. The maximum Gasteiger partial charge on any atom is 0.225 e. The molecule has 3 nitrogen and oxygen atoms in total. The molecule has 1 N–H and O–H groups in total. The Balaban J connectivity index is 1.91. The van der Waals surface area contributed by atoms with Crippen LogP contribution in [0.2, 0.25) is 5.28 Å². The second-order valence-corrected chi connectivity index (χ2v) is 7.10. The van der Waals surface area contributed by atoms with Gasteiger partial charge in [-0.3, -0.25) is 0 Å². The zero-order valence-corrected chi connectivity index (χ0v) is 12.8. The first-order chi connectivity index (χ1) is 9.11. The normalized spacial score (nSPS) is 23.7. The van der Waals surface area contributed by atoms with E-state index in [2.05, 4.69) is 35.2 Å². The van der Waals surface area contributed by atoms with E-state index in [1.165, 1.54) is 30.6 Å². The van der Waals surface area contributed by atoms with Crippen LogP contribution in [0.3, 0.4) is 0 Å². The van der Waals surface area contributed by atoms with Gasteiger partial charge in [0, 0.05) is 10.9 Å². The van der Waals surface area contributed by atoms with E-state index >= 15 is 0 Å². The van der Waals surface area contributed by atoms with E-state index in [9.17, 15) is 0 Å². The van der Waals surface area contributed by atoms with Crippen molar-refractivity contribution in [3.05, 3.63) is 16.2 Å². The molecule has 2 atom stereocenters. The van der Waals surface area contributed by atoms with E-state index < -0.39 is 0 Å². The summed E-state index contributed by atoms with van der Waals surface area (Å²) in [5, 5.41) is 5.02. The van der Waals surface area contributed by atoms with Crippen molar-refractivity contribution >= 4 is 39.0 Å². The summed E-state index contributed by atoms with van der Waals surface area (Å²) >= 11 is 7.69. The molecule has 1 fully saturated rings. The summed E-state index contributed by atoms with van der Waals surface area (Å²) in [6.45, 7) is 4.41. The highest BCUT2D eigenvalue weighted by Gasteiger charge is 2.20. The van der Waals surface area contributed by atoms with Gasteiger partial charge in [-0.1, -0.05) is 19.8 Å². The Morgan fingerprint density at radius 3 is 3.00 bits per heavy atom. The third-order valence-electron chi connectivity index (χ3n) is 3.77. The molecule has 5 heteroatoms. The maximum atomic E-state index is 6.02. The van der Waals surface area contributed by atoms with E-state index in [0.29, 0.717) is 11.3 Å². The first-order valence-electron chi connectivity index (χ1n) is 6.82. The van der Waals surface area contributed by atoms with E-state index in [-0.39, 0.29) is 0 Å². The lowest BCUT2D eigenvalue weighted by Crippen LogP contribution is -2.26. The lowest BCUT2D eigenvalue weighted by Gasteiger charge is -2.28. The average molecular weight is 296 g/mol. The number of hydrogen-bond donors (Lipinski definition) is 1. The van der Waals surface area contributed by atoms with Crippen LogP contribution in [0.5, 0.6) is 0 Å². The fourth-order valence-corrected chi connectivity index (χ4v) is 3.98. The minimum atomic E-state index is 0.334. The van der Waals surface area contributed by atoms with Gasteiger partial charge in [-0.15, -0.1) is 11.3 Å². The number of aromatic nitrogens is 2. The van der Waals surface area contributed by atoms with Crippen molar-refractivity contribution in [2.24, 2.45) is 5.92 Å². The number of hydrogen-bond acceptors (Lipinski definition) is 4. The molecule has 2 aromatic heterocycles. The zero-order valence-electron chi connectivity index (χ0n) is 11.2. The molecule has 0 spiro atoms. The highest BCUT2D eigenvalue weighted by atomic mass is 35.5. The van der Waals surface area contributed by atoms with Crippen LogP contribution in [0.4, 0.5) is 5.82 Å². The lowest BCUT2D eigenvalue weighted by atomic mass is 9.87. The van der Waals surface area contributed by atoms with Gasteiger partial charge in [0.25, 0.3) is 0 Å². The molecule has 0 amide bonds. The fraction of sp³-hybridized carbons (Fsp3) is 0.571. The number of aryl methyl sites for hydroxylation is 1. The minimum Gasteiger partial charge on any atom is -0.367 e. The molecular weight excluding hydrogens is 278 g/mol. The SMILES string of the molecule is Cc1cc2c(NC3CCCC(C)C3)nc(Cl)nc2s1. The summed E-state index contributed by atoms with van der Waals surface area (Å²) in [5.41, 5.74) is 0. The molecular formula is C14H18ClN3S. The van der Waals surface area contributed by atoms with Gasteiger partial charge < -0.3 is 5.32 Å². The number of fused-ring (bicyclic) bond motifs is 1. The largest absolute Gasteiger partial charge is 0.367 e. The van der Waals surface area contributed by atoms with Crippen LogP contribution in [0.25, 0.3) is 10.2 Å². The van der Waals surface area contributed by atoms with E-state index in [0.717, 1.165) is 22.0 Å². The smallest absolute Gasteiger partial charge is 0.225 e. The summed E-state index contributed by atoms with van der Waals surface area (Å²) in [6.07, 6.45) is 5.07. The van der Waals surface area contributed by atoms with Crippen LogP contribution < -0.4 is 5.32 Å². The summed E-state index contributed by atoms with van der Waals surface area (Å²) in [7, 11) is 0. The van der Waals surface area contributed by atoms with Crippen LogP contribution >= 0.6 is 22.9 Å². The maximum absolute atomic E-state index is 6.02. The topological polar surface area (TPSA) is 37.8 Å².